The number of carbonyl (C=O) groups is 3. The highest BCUT2D eigenvalue weighted by Gasteiger charge is 2.54. The summed E-state index contributed by atoms with van der Waals surface area (Å²) in [5, 5.41) is 0. The van der Waals surface area contributed by atoms with Gasteiger partial charge in [0.05, 0.1) is 6.33 Å². The zero-order valence-corrected chi connectivity index (χ0v) is 16.2. The highest BCUT2D eigenvalue weighted by molar-refractivity contribution is 5.81. The lowest BCUT2D eigenvalue weighted by molar-refractivity contribution is -0.191. The van der Waals surface area contributed by atoms with Crippen molar-refractivity contribution in [3.05, 3.63) is 12.7 Å². The molecule has 156 valence electrons. The summed E-state index contributed by atoms with van der Waals surface area (Å²) in [6.07, 6.45) is 1.38. The largest absolute Gasteiger partial charge is 0.462 e. The number of aromatic nitrogens is 4. The first-order chi connectivity index (χ1) is 13.7. The van der Waals surface area contributed by atoms with E-state index in [-0.39, 0.29) is 25.5 Å². The summed E-state index contributed by atoms with van der Waals surface area (Å²) in [5.74, 6) is -1.48. The molecule has 0 aromatic carbocycles. The van der Waals surface area contributed by atoms with E-state index in [1.807, 2.05) is 0 Å². The Labute approximate surface area is 165 Å². The van der Waals surface area contributed by atoms with Crippen LogP contribution in [0.3, 0.4) is 0 Å². The lowest BCUT2D eigenvalue weighted by Crippen LogP contribution is -2.50. The molecule has 0 spiro atoms. The number of carbonyl (C=O) groups excluding carboxylic acids is 3. The summed E-state index contributed by atoms with van der Waals surface area (Å²) >= 11 is 0. The van der Waals surface area contributed by atoms with Gasteiger partial charge in [-0.1, -0.05) is 0 Å². The van der Waals surface area contributed by atoms with Gasteiger partial charge in [0.25, 0.3) is 0 Å². The molecule has 1 aliphatic rings. The molecule has 0 aliphatic carbocycles. The van der Waals surface area contributed by atoms with Gasteiger partial charge in [0.2, 0.25) is 0 Å². The Morgan fingerprint density at radius 3 is 2.38 bits per heavy atom. The maximum Gasteiger partial charge on any atom is 0.303 e. The van der Waals surface area contributed by atoms with E-state index in [4.69, 9.17) is 24.7 Å². The van der Waals surface area contributed by atoms with E-state index in [9.17, 15) is 14.4 Å². The van der Waals surface area contributed by atoms with Crippen LogP contribution in [0.25, 0.3) is 11.2 Å². The van der Waals surface area contributed by atoms with Crippen LogP contribution in [-0.4, -0.2) is 62.3 Å². The molecule has 1 saturated heterocycles. The second kappa shape index (κ2) is 7.99. The summed E-state index contributed by atoms with van der Waals surface area (Å²) in [5.41, 5.74) is 5.23. The first-order valence-corrected chi connectivity index (χ1v) is 8.76. The first-order valence-electron chi connectivity index (χ1n) is 8.76. The molecule has 2 atom stereocenters. The smallest absolute Gasteiger partial charge is 0.303 e. The lowest BCUT2D eigenvalue weighted by atomic mass is 9.98. The third kappa shape index (κ3) is 4.26. The minimum absolute atomic E-state index is 0.178. The van der Waals surface area contributed by atoms with Crippen molar-refractivity contribution in [2.45, 2.75) is 45.1 Å². The predicted molar refractivity (Wildman–Crippen MR) is 96.0 cm³/mol. The molecule has 0 bridgehead atoms. The van der Waals surface area contributed by atoms with Crippen LogP contribution in [0.15, 0.2) is 12.7 Å². The Kier molecular flexibility index (Phi) is 5.64. The van der Waals surface area contributed by atoms with Crippen LogP contribution in [0.5, 0.6) is 0 Å². The van der Waals surface area contributed by atoms with E-state index >= 15 is 0 Å². The number of fused-ring (bicyclic) bond motifs is 1. The Bertz CT molecular complexity index is 925. The van der Waals surface area contributed by atoms with Crippen LogP contribution >= 0.6 is 0 Å². The normalized spacial score (nSPS) is 20.4. The molecular weight excluding hydrogens is 386 g/mol. The summed E-state index contributed by atoms with van der Waals surface area (Å²) in [7, 11) is 0. The molecule has 1 fully saturated rings. The Hall–Kier alpha value is -3.28. The van der Waals surface area contributed by atoms with Gasteiger partial charge in [0.15, 0.2) is 17.1 Å². The number of esters is 3. The molecule has 12 nitrogen and oxygen atoms in total. The zero-order valence-electron chi connectivity index (χ0n) is 16.2. The average molecular weight is 407 g/mol. The van der Waals surface area contributed by atoms with Gasteiger partial charge in [0, 0.05) is 27.2 Å². The van der Waals surface area contributed by atoms with E-state index in [0.717, 1.165) is 0 Å². The number of imidazole rings is 1. The van der Waals surface area contributed by atoms with Gasteiger partial charge in [-0.05, 0) is 0 Å². The van der Waals surface area contributed by atoms with E-state index in [2.05, 4.69) is 15.0 Å². The van der Waals surface area contributed by atoms with Crippen molar-refractivity contribution >= 4 is 34.9 Å². The number of rotatable bonds is 6. The van der Waals surface area contributed by atoms with Crippen LogP contribution in [0.1, 0.15) is 33.4 Å². The zero-order chi connectivity index (χ0) is 21.2. The fourth-order valence-electron chi connectivity index (χ4n) is 3.14. The quantitative estimate of drug-likeness (QED) is 0.512. The highest BCUT2D eigenvalue weighted by Crippen LogP contribution is 2.40. The summed E-state index contributed by atoms with van der Waals surface area (Å²) in [6, 6.07) is 0. The van der Waals surface area contributed by atoms with E-state index in [1.165, 1.54) is 33.4 Å². The molecule has 2 aromatic heterocycles. The molecule has 0 radical (unpaired) electrons. The van der Waals surface area contributed by atoms with Crippen LogP contribution in [-0.2, 0) is 33.3 Å². The van der Waals surface area contributed by atoms with Gasteiger partial charge in [-0.2, -0.15) is 0 Å². The number of hydrogen-bond acceptors (Lipinski definition) is 11. The molecule has 1 aliphatic heterocycles. The monoisotopic (exact) mass is 407 g/mol. The third-order valence-corrected chi connectivity index (χ3v) is 4.42. The molecule has 2 N–H and O–H groups in total. The number of anilines is 1. The van der Waals surface area contributed by atoms with Gasteiger partial charge in [-0.3, -0.25) is 19.0 Å². The molecule has 2 aromatic rings. The second-order valence-corrected chi connectivity index (χ2v) is 6.61. The van der Waals surface area contributed by atoms with Crippen molar-refractivity contribution in [3.8, 4) is 0 Å². The van der Waals surface area contributed by atoms with Crippen LogP contribution in [0, 0.1) is 0 Å². The number of nitrogens with zero attached hydrogens (tertiary/aromatic N) is 4. The molecule has 12 heteroatoms. The molecule has 29 heavy (non-hydrogen) atoms. The minimum atomic E-state index is -1.40. The van der Waals surface area contributed by atoms with Crippen molar-refractivity contribution in [2.24, 2.45) is 0 Å². The molecule has 0 amide bonds. The molecule has 3 rings (SSSR count). The van der Waals surface area contributed by atoms with Crippen molar-refractivity contribution < 1.29 is 33.3 Å². The van der Waals surface area contributed by atoms with E-state index < -0.39 is 35.8 Å². The fourth-order valence-corrected chi connectivity index (χ4v) is 3.14. The summed E-state index contributed by atoms with van der Waals surface area (Å²) in [4.78, 5) is 46.7. The van der Waals surface area contributed by atoms with Crippen molar-refractivity contribution in [3.63, 3.8) is 0 Å². The topological polar surface area (TPSA) is 158 Å². The minimum Gasteiger partial charge on any atom is -0.462 e. The van der Waals surface area contributed by atoms with Gasteiger partial charge in [-0.15, -0.1) is 0 Å². The maximum absolute atomic E-state index is 11.7. The Morgan fingerprint density at radius 2 is 1.79 bits per heavy atom. The van der Waals surface area contributed by atoms with Crippen LogP contribution in [0.4, 0.5) is 5.82 Å². The van der Waals surface area contributed by atoms with E-state index in [1.54, 1.807) is 4.57 Å². The molecule has 0 saturated carbocycles. The van der Waals surface area contributed by atoms with Gasteiger partial charge >= 0.3 is 17.9 Å². The number of hydrogen-bond donors (Lipinski definition) is 1. The van der Waals surface area contributed by atoms with Gasteiger partial charge < -0.3 is 24.7 Å². The predicted octanol–water partition coefficient (Wildman–Crippen LogP) is 0.124. The molecule has 3 heterocycles. The standard InChI is InChI=1S/C17H21N5O7/c1-9(23)26-5-17(6-27-10(2)24)12(28-11(3)25)4-13(29-17)22-8-21-14-15(18)19-7-20-16(14)22/h7-8,12-13H,4-6H2,1-3H3,(H2,18,19,20)/t12-,13-/m1/s1. The highest BCUT2D eigenvalue weighted by atomic mass is 16.6. The van der Waals surface area contributed by atoms with Crippen LogP contribution < -0.4 is 5.73 Å². The van der Waals surface area contributed by atoms with Crippen molar-refractivity contribution in [1.29, 1.82) is 0 Å². The second-order valence-electron chi connectivity index (χ2n) is 6.61. The summed E-state index contributed by atoms with van der Waals surface area (Å²) < 4.78 is 23.4. The average Bonchev–Trinajstić information content (AvgIpc) is 3.21. The number of ether oxygens (including phenoxy) is 4. The van der Waals surface area contributed by atoms with Gasteiger partial charge in [-0.25, -0.2) is 15.0 Å². The number of nitrogens with two attached hydrogens (primary N) is 1. The van der Waals surface area contributed by atoms with Crippen molar-refractivity contribution in [1.82, 2.24) is 19.5 Å². The van der Waals surface area contributed by atoms with Crippen LogP contribution in [0.2, 0.25) is 0 Å². The van der Waals surface area contributed by atoms with Gasteiger partial charge in [0.1, 0.15) is 37.4 Å². The maximum atomic E-state index is 11.7. The van der Waals surface area contributed by atoms with Crippen molar-refractivity contribution in [2.75, 3.05) is 18.9 Å². The Balaban J connectivity index is 1.98. The first kappa shape index (κ1) is 20.5. The molecular formula is C17H21N5O7. The Morgan fingerprint density at radius 1 is 1.14 bits per heavy atom. The molecule has 0 unspecified atom stereocenters. The SMILES string of the molecule is CC(=O)OCC1(COC(C)=O)O[C@@H](n2cnc3c(N)ncnc32)C[C@H]1OC(C)=O. The lowest BCUT2D eigenvalue weighted by Gasteiger charge is -2.32. The summed E-state index contributed by atoms with van der Waals surface area (Å²) in [6.45, 7) is 3.14. The number of nitrogen functional groups attached to an aromatic ring is 1. The van der Waals surface area contributed by atoms with E-state index in [0.29, 0.717) is 11.2 Å². The fraction of sp³-hybridized carbons (Fsp3) is 0.529. The third-order valence-electron chi connectivity index (χ3n) is 4.42.